The molecular weight excluding hydrogens is 360 g/mol. The number of aryl methyl sites for hydroxylation is 1. The van der Waals surface area contributed by atoms with Gasteiger partial charge in [0, 0.05) is 6.20 Å². The van der Waals surface area contributed by atoms with Crippen LogP contribution in [0.1, 0.15) is 11.1 Å². The number of ether oxygens (including phenoxy) is 2. The highest BCUT2D eigenvalue weighted by atomic mass is 16.5. The van der Waals surface area contributed by atoms with Crippen molar-refractivity contribution >= 4 is 17.6 Å². The van der Waals surface area contributed by atoms with Gasteiger partial charge in [-0.15, -0.1) is 0 Å². The van der Waals surface area contributed by atoms with Gasteiger partial charge in [0.25, 0.3) is 11.5 Å². The van der Waals surface area contributed by atoms with Crippen LogP contribution in [-0.2, 0) is 4.79 Å². The molecule has 2 aromatic heterocycles. The van der Waals surface area contributed by atoms with Crippen molar-refractivity contribution in [3.05, 3.63) is 69.6 Å². The van der Waals surface area contributed by atoms with Crippen LogP contribution in [0, 0.1) is 18.3 Å². The standard InChI is InChI=1S/C20H16N4O4/c1-12-4-3-9-24-18(12)23-19(28-15-7-5-14(27-2)6-8-15)16(20(24)26)10-13(11-21)17(22)25/h3-10H,1-2H3,(H2,22,25). The SMILES string of the molecule is COc1ccc(Oc2nc3c(C)cccn3c(=O)c2C=C(C#N)C(N)=O)cc1. The van der Waals surface area contributed by atoms with Gasteiger partial charge in [-0.2, -0.15) is 10.2 Å². The van der Waals surface area contributed by atoms with Gasteiger partial charge in [-0.1, -0.05) is 6.07 Å². The largest absolute Gasteiger partial charge is 0.497 e. The van der Waals surface area contributed by atoms with Crippen molar-refractivity contribution in [2.45, 2.75) is 6.92 Å². The summed E-state index contributed by atoms with van der Waals surface area (Å²) in [6.45, 7) is 1.80. The van der Waals surface area contributed by atoms with E-state index in [1.807, 2.05) is 0 Å². The van der Waals surface area contributed by atoms with Crippen LogP contribution in [0.15, 0.2) is 53.0 Å². The molecule has 1 amide bonds. The molecule has 0 aliphatic heterocycles. The molecular formula is C20H16N4O4. The zero-order chi connectivity index (χ0) is 20.3. The van der Waals surface area contributed by atoms with E-state index in [4.69, 9.17) is 20.5 Å². The van der Waals surface area contributed by atoms with E-state index in [-0.39, 0.29) is 17.0 Å². The Labute approximate surface area is 160 Å². The van der Waals surface area contributed by atoms with Crippen LogP contribution < -0.4 is 20.8 Å². The average molecular weight is 376 g/mol. The third kappa shape index (κ3) is 3.54. The second kappa shape index (κ2) is 7.63. The molecule has 28 heavy (non-hydrogen) atoms. The summed E-state index contributed by atoms with van der Waals surface area (Å²) in [6, 6.07) is 11.9. The Kier molecular flexibility index (Phi) is 5.09. The Hall–Kier alpha value is -4.12. The number of hydrogen-bond donors (Lipinski definition) is 1. The molecule has 0 saturated heterocycles. The van der Waals surface area contributed by atoms with E-state index >= 15 is 0 Å². The van der Waals surface area contributed by atoms with E-state index in [0.717, 1.165) is 11.6 Å². The van der Waals surface area contributed by atoms with Gasteiger partial charge >= 0.3 is 0 Å². The van der Waals surface area contributed by atoms with Crippen molar-refractivity contribution in [3.63, 3.8) is 0 Å². The summed E-state index contributed by atoms with van der Waals surface area (Å²) in [5.41, 5.74) is 5.41. The third-order valence-electron chi connectivity index (χ3n) is 4.00. The Bertz CT molecular complexity index is 1190. The number of aromatic nitrogens is 2. The fraction of sp³-hybridized carbons (Fsp3) is 0.100. The lowest BCUT2D eigenvalue weighted by Gasteiger charge is -2.11. The van der Waals surface area contributed by atoms with E-state index in [1.54, 1.807) is 62.7 Å². The van der Waals surface area contributed by atoms with Crippen LogP contribution in [0.25, 0.3) is 11.7 Å². The molecule has 0 atom stereocenters. The number of carbonyl (C=O) groups is 1. The number of fused-ring (bicyclic) bond motifs is 1. The maximum atomic E-state index is 13.0. The Morgan fingerprint density at radius 1 is 1.25 bits per heavy atom. The summed E-state index contributed by atoms with van der Waals surface area (Å²) in [5.74, 6) is 0.0401. The molecule has 2 N–H and O–H groups in total. The van der Waals surface area contributed by atoms with Crippen LogP contribution in [0.4, 0.5) is 0 Å². The van der Waals surface area contributed by atoms with Gasteiger partial charge in [-0.05, 0) is 48.9 Å². The second-order valence-corrected chi connectivity index (χ2v) is 5.83. The van der Waals surface area contributed by atoms with E-state index in [0.29, 0.717) is 17.1 Å². The first-order chi connectivity index (χ1) is 13.4. The van der Waals surface area contributed by atoms with Crippen LogP contribution >= 0.6 is 0 Å². The predicted molar refractivity (Wildman–Crippen MR) is 102 cm³/mol. The van der Waals surface area contributed by atoms with Crippen molar-refractivity contribution in [2.75, 3.05) is 7.11 Å². The lowest BCUT2D eigenvalue weighted by atomic mass is 10.1. The quantitative estimate of drug-likeness (QED) is 0.538. The number of pyridine rings is 1. The number of hydrogen-bond acceptors (Lipinski definition) is 6. The Balaban J connectivity index is 2.24. The molecule has 0 fully saturated rings. The maximum absolute atomic E-state index is 13.0. The topological polar surface area (TPSA) is 120 Å². The fourth-order valence-corrected chi connectivity index (χ4v) is 2.55. The van der Waals surface area contributed by atoms with Crippen molar-refractivity contribution in [2.24, 2.45) is 5.73 Å². The van der Waals surface area contributed by atoms with E-state index in [1.165, 1.54) is 4.40 Å². The summed E-state index contributed by atoms with van der Waals surface area (Å²) < 4.78 is 12.2. The van der Waals surface area contributed by atoms with Crippen LogP contribution in [0.3, 0.4) is 0 Å². The first-order valence-electron chi connectivity index (χ1n) is 8.20. The molecule has 0 radical (unpaired) electrons. The molecule has 3 aromatic rings. The summed E-state index contributed by atoms with van der Waals surface area (Å²) in [7, 11) is 1.54. The molecule has 2 heterocycles. The number of nitrogens with zero attached hydrogens (tertiary/aromatic N) is 3. The summed E-state index contributed by atoms with van der Waals surface area (Å²) in [5, 5.41) is 9.14. The van der Waals surface area contributed by atoms with Gasteiger partial charge in [0.2, 0.25) is 5.88 Å². The number of benzene rings is 1. The van der Waals surface area contributed by atoms with Crippen molar-refractivity contribution in [1.82, 2.24) is 9.38 Å². The maximum Gasteiger partial charge on any atom is 0.269 e. The summed E-state index contributed by atoms with van der Waals surface area (Å²) in [6.07, 6.45) is 2.63. The van der Waals surface area contributed by atoms with E-state index < -0.39 is 11.5 Å². The minimum atomic E-state index is -0.952. The molecule has 1 aromatic carbocycles. The zero-order valence-electron chi connectivity index (χ0n) is 15.2. The number of nitrogens with two attached hydrogens (primary N) is 1. The fourth-order valence-electron chi connectivity index (χ4n) is 2.55. The van der Waals surface area contributed by atoms with Gasteiger partial charge in [0.05, 0.1) is 7.11 Å². The van der Waals surface area contributed by atoms with Crippen molar-refractivity contribution in [1.29, 1.82) is 5.26 Å². The van der Waals surface area contributed by atoms with Crippen molar-refractivity contribution < 1.29 is 14.3 Å². The smallest absolute Gasteiger partial charge is 0.269 e. The predicted octanol–water partition coefficient (Wildman–Crippen LogP) is 2.20. The highest BCUT2D eigenvalue weighted by Gasteiger charge is 2.17. The molecule has 8 heteroatoms. The lowest BCUT2D eigenvalue weighted by molar-refractivity contribution is -0.114. The molecule has 0 unspecified atom stereocenters. The highest BCUT2D eigenvalue weighted by Crippen LogP contribution is 2.26. The Morgan fingerprint density at radius 3 is 2.54 bits per heavy atom. The molecule has 0 spiro atoms. The number of primary amides is 1. The monoisotopic (exact) mass is 376 g/mol. The summed E-state index contributed by atoms with van der Waals surface area (Å²) in [4.78, 5) is 28.9. The van der Waals surface area contributed by atoms with Crippen LogP contribution in [-0.4, -0.2) is 22.4 Å². The van der Waals surface area contributed by atoms with Crippen LogP contribution in [0.5, 0.6) is 17.4 Å². The molecule has 0 aliphatic carbocycles. The van der Waals surface area contributed by atoms with Gasteiger partial charge in [0.15, 0.2) is 0 Å². The van der Waals surface area contributed by atoms with E-state index in [2.05, 4.69) is 4.98 Å². The number of amides is 1. The number of rotatable bonds is 5. The second-order valence-electron chi connectivity index (χ2n) is 5.83. The molecule has 8 nitrogen and oxygen atoms in total. The molecule has 0 aliphatic rings. The number of nitriles is 1. The highest BCUT2D eigenvalue weighted by molar-refractivity contribution is 6.00. The minimum Gasteiger partial charge on any atom is -0.497 e. The molecule has 3 rings (SSSR count). The molecule has 0 bridgehead atoms. The number of carbonyl (C=O) groups excluding carboxylic acids is 1. The van der Waals surface area contributed by atoms with Gasteiger partial charge in [0.1, 0.15) is 34.4 Å². The minimum absolute atomic E-state index is 0.0431. The average Bonchev–Trinajstić information content (AvgIpc) is 2.69. The zero-order valence-corrected chi connectivity index (χ0v) is 15.2. The first kappa shape index (κ1) is 18.7. The normalized spacial score (nSPS) is 11.1. The lowest BCUT2D eigenvalue weighted by Crippen LogP contribution is -2.20. The number of methoxy groups -OCH3 is 1. The van der Waals surface area contributed by atoms with Gasteiger partial charge in [-0.25, -0.2) is 0 Å². The Morgan fingerprint density at radius 2 is 1.93 bits per heavy atom. The third-order valence-corrected chi connectivity index (χ3v) is 4.00. The summed E-state index contributed by atoms with van der Waals surface area (Å²) >= 11 is 0. The van der Waals surface area contributed by atoms with Crippen LogP contribution in [0.2, 0.25) is 0 Å². The van der Waals surface area contributed by atoms with Crippen molar-refractivity contribution in [3.8, 4) is 23.4 Å². The van der Waals surface area contributed by atoms with E-state index in [9.17, 15) is 9.59 Å². The van der Waals surface area contributed by atoms with Gasteiger partial charge < -0.3 is 15.2 Å². The molecule has 140 valence electrons. The first-order valence-corrected chi connectivity index (χ1v) is 8.20. The molecule has 0 saturated carbocycles. The van der Waals surface area contributed by atoms with Gasteiger partial charge in [-0.3, -0.25) is 14.0 Å².